The molecule has 2 aromatic carbocycles. The minimum atomic E-state index is 0.726. The Morgan fingerprint density at radius 3 is 2.00 bits per heavy atom. The zero-order valence-electron chi connectivity index (χ0n) is 15.8. The van der Waals surface area contributed by atoms with Crippen LogP contribution in [0.25, 0.3) is 0 Å². The average molecular weight is 325 g/mol. The van der Waals surface area contributed by atoms with Gasteiger partial charge in [0.25, 0.3) is 0 Å². The molecule has 0 heterocycles. The van der Waals surface area contributed by atoms with Crippen molar-refractivity contribution in [3.8, 4) is 5.75 Å². The first-order chi connectivity index (χ1) is 11.7. The third-order valence-electron chi connectivity index (χ3n) is 4.92. The summed E-state index contributed by atoms with van der Waals surface area (Å²) >= 11 is 0. The van der Waals surface area contributed by atoms with Crippen LogP contribution < -0.4 is 4.74 Å². The Balaban J connectivity index is 1.94. The third kappa shape index (κ3) is 5.12. The molecule has 0 fully saturated rings. The third-order valence-corrected chi connectivity index (χ3v) is 4.92. The number of ether oxygens (including phenoxy) is 1. The predicted molar refractivity (Wildman–Crippen MR) is 104 cm³/mol. The van der Waals surface area contributed by atoms with Crippen LogP contribution in [0.15, 0.2) is 36.4 Å². The molecule has 0 aliphatic rings. The molecule has 0 spiro atoms. The van der Waals surface area contributed by atoms with Gasteiger partial charge in [-0.05, 0) is 80.3 Å². The molecule has 0 amide bonds. The van der Waals surface area contributed by atoms with Crippen molar-refractivity contribution in [2.45, 2.75) is 66.2 Å². The van der Waals surface area contributed by atoms with Crippen molar-refractivity contribution in [1.29, 1.82) is 0 Å². The van der Waals surface area contributed by atoms with E-state index in [1.54, 1.807) is 0 Å². The number of rotatable bonds is 9. The molecule has 24 heavy (non-hydrogen) atoms. The molecule has 0 unspecified atom stereocenters. The Morgan fingerprint density at radius 1 is 0.708 bits per heavy atom. The molecule has 2 rings (SSSR count). The van der Waals surface area contributed by atoms with Gasteiger partial charge in [-0.1, -0.05) is 50.1 Å². The Kier molecular flexibility index (Phi) is 7.36. The smallest absolute Gasteiger partial charge is 0.122 e. The van der Waals surface area contributed by atoms with Gasteiger partial charge in [0.05, 0.1) is 6.61 Å². The first-order valence-electron chi connectivity index (χ1n) is 9.45. The summed E-state index contributed by atoms with van der Waals surface area (Å²) in [5.74, 6) is 1.02. The van der Waals surface area contributed by atoms with Crippen LogP contribution in [0.4, 0.5) is 0 Å². The predicted octanol–water partition coefficient (Wildman–Crippen LogP) is 6.22. The second kappa shape index (κ2) is 9.52. The average Bonchev–Trinajstić information content (AvgIpc) is 2.60. The first kappa shape index (κ1) is 18.6. The Morgan fingerprint density at radius 2 is 1.38 bits per heavy atom. The topological polar surface area (TPSA) is 9.23 Å². The summed E-state index contributed by atoms with van der Waals surface area (Å²) in [7, 11) is 0. The van der Waals surface area contributed by atoms with Crippen LogP contribution in [0.3, 0.4) is 0 Å². The van der Waals surface area contributed by atoms with Gasteiger partial charge in [-0.15, -0.1) is 0 Å². The summed E-state index contributed by atoms with van der Waals surface area (Å²) < 4.78 is 5.69. The Bertz CT molecular complexity index is 625. The van der Waals surface area contributed by atoms with Crippen molar-refractivity contribution >= 4 is 0 Å². The maximum absolute atomic E-state index is 5.69. The summed E-state index contributed by atoms with van der Waals surface area (Å²) in [5, 5.41) is 0. The summed E-state index contributed by atoms with van der Waals surface area (Å²) in [5.41, 5.74) is 6.99. The summed E-state index contributed by atoms with van der Waals surface area (Å²) in [6.45, 7) is 9.39. The van der Waals surface area contributed by atoms with Crippen LogP contribution in [-0.4, -0.2) is 6.61 Å². The van der Waals surface area contributed by atoms with Crippen LogP contribution >= 0.6 is 0 Å². The molecule has 0 saturated heterocycles. The molecule has 1 nitrogen and oxygen atoms in total. The van der Waals surface area contributed by atoms with E-state index in [1.165, 1.54) is 53.5 Å². The zero-order valence-corrected chi connectivity index (χ0v) is 15.8. The summed E-state index contributed by atoms with van der Waals surface area (Å²) in [6, 6.07) is 13.6. The van der Waals surface area contributed by atoms with E-state index in [-0.39, 0.29) is 0 Å². The van der Waals surface area contributed by atoms with Gasteiger partial charge in [0.15, 0.2) is 0 Å². The van der Waals surface area contributed by atoms with E-state index in [0.717, 1.165) is 25.2 Å². The van der Waals surface area contributed by atoms with Crippen LogP contribution in [0, 0.1) is 13.8 Å². The summed E-state index contributed by atoms with van der Waals surface area (Å²) in [4.78, 5) is 0. The van der Waals surface area contributed by atoms with E-state index in [9.17, 15) is 0 Å². The Hall–Kier alpha value is -1.76. The molecule has 0 aliphatic heterocycles. The second-order valence-electron chi connectivity index (χ2n) is 6.68. The Labute approximate surface area is 148 Å². The lowest BCUT2D eigenvalue weighted by molar-refractivity contribution is 0.337. The van der Waals surface area contributed by atoms with E-state index in [4.69, 9.17) is 4.74 Å². The van der Waals surface area contributed by atoms with E-state index in [1.807, 2.05) is 6.92 Å². The fourth-order valence-corrected chi connectivity index (χ4v) is 3.17. The van der Waals surface area contributed by atoms with Crippen molar-refractivity contribution in [3.63, 3.8) is 0 Å². The van der Waals surface area contributed by atoms with Gasteiger partial charge in [0, 0.05) is 0 Å². The van der Waals surface area contributed by atoms with Crippen molar-refractivity contribution < 1.29 is 4.74 Å². The zero-order chi connectivity index (χ0) is 17.4. The minimum absolute atomic E-state index is 0.726. The lowest BCUT2D eigenvalue weighted by Gasteiger charge is -2.14. The maximum atomic E-state index is 5.69. The molecule has 0 radical (unpaired) electrons. The van der Waals surface area contributed by atoms with Crippen molar-refractivity contribution in [2.75, 3.05) is 6.61 Å². The highest BCUT2D eigenvalue weighted by Crippen LogP contribution is 2.25. The highest BCUT2D eigenvalue weighted by molar-refractivity contribution is 5.44. The first-order valence-corrected chi connectivity index (χ1v) is 9.45. The second-order valence-corrected chi connectivity index (χ2v) is 6.68. The van der Waals surface area contributed by atoms with Crippen LogP contribution in [0.1, 0.15) is 60.9 Å². The van der Waals surface area contributed by atoms with Gasteiger partial charge in [-0.2, -0.15) is 0 Å². The largest absolute Gasteiger partial charge is 0.494 e. The van der Waals surface area contributed by atoms with Crippen LogP contribution in [0.5, 0.6) is 5.75 Å². The van der Waals surface area contributed by atoms with E-state index >= 15 is 0 Å². The molecule has 2 aromatic rings. The lowest BCUT2D eigenvalue weighted by Crippen LogP contribution is -2.00. The van der Waals surface area contributed by atoms with Gasteiger partial charge in [0.2, 0.25) is 0 Å². The molecule has 1 heteroatoms. The number of unbranched alkanes of at least 4 members (excludes halogenated alkanes) is 2. The lowest BCUT2D eigenvalue weighted by atomic mass is 9.96. The van der Waals surface area contributed by atoms with Crippen LogP contribution in [0.2, 0.25) is 0 Å². The minimum Gasteiger partial charge on any atom is -0.494 e. The molecule has 130 valence electrons. The highest BCUT2D eigenvalue weighted by atomic mass is 16.5. The van der Waals surface area contributed by atoms with Gasteiger partial charge < -0.3 is 4.74 Å². The van der Waals surface area contributed by atoms with Gasteiger partial charge in [-0.25, -0.2) is 0 Å². The molecule has 0 aromatic heterocycles. The number of hydrogen-bond acceptors (Lipinski definition) is 1. The molecule has 0 aliphatic carbocycles. The molecular weight excluding hydrogens is 292 g/mol. The van der Waals surface area contributed by atoms with Gasteiger partial charge >= 0.3 is 0 Å². The monoisotopic (exact) mass is 324 g/mol. The normalized spacial score (nSPS) is 10.8. The molecule has 0 atom stereocenters. The quantitative estimate of drug-likeness (QED) is 0.497. The number of benzene rings is 2. The molecular formula is C23H32O. The molecule has 0 saturated carbocycles. The van der Waals surface area contributed by atoms with E-state index < -0.39 is 0 Å². The maximum Gasteiger partial charge on any atom is 0.122 e. The number of hydrogen-bond donors (Lipinski definition) is 0. The fourth-order valence-electron chi connectivity index (χ4n) is 3.17. The molecule has 0 N–H and O–H groups in total. The molecule has 0 bridgehead atoms. The standard InChI is InChI=1S/C23H32O/c1-5-7-8-9-20-10-12-21(13-11-20)14-15-22-16-17-23(24-6-2)19(4)18(22)3/h10-13,16-17H,5-9,14-15H2,1-4H3. The van der Waals surface area contributed by atoms with Crippen LogP contribution in [-0.2, 0) is 19.3 Å². The van der Waals surface area contributed by atoms with E-state index in [2.05, 4.69) is 57.2 Å². The van der Waals surface area contributed by atoms with Crippen molar-refractivity contribution in [3.05, 3.63) is 64.2 Å². The van der Waals surface area contributed by atoms with Gasteiger partial charge in [-0.3, -0.25) is 0 Å². The SMILES string of the molecule is CCCCCc1ccc(CCc2ccc(OCC)c(C)c2C)cc1. The van der Waals surface area contributed by atoms with Gasteiger partial charge in [0.1, 0.15) is 5.75 Å². The summed E-state index contributed by atoms with van der Waals surface area (Å²) in [6.07, 6.45) is 7.33. The van der Waals surface area contributed by atoms with Crippen molar-refractivity contribution in [2.24, 2.45) is 0 Å². The van der Waals surface area contributed by atoms with Crippen molar-refractivity contribution in [1.82, 2.24) is 0 Å². The van der Waals surface area contributed by atoms with E-state index in [0.29, 0.717) is 0 Å². The number of aryl methyl sites for hydroxylation is 3. The highest BCUT2D eigenvalue weighted by Gasteiger charge is 2.07. The fraction of sp³-hybridized carbons (Fsp3) is 0.478.